The number of rotatable bonds is 8. The number of carbonyl (C=O) groups excluding carboxylic acids is 5. The molecule has 5 atom stereocenters. The van der Waals surface area contributed by atoms with Gasteiger partial charge in [0, 0.05) is 6.42 Å². The number of hydrogen-bond donors (Lipinski definition) is 5. The lowest BCUT2D eigenvalue weighted by atomic mass is 9.97. The molecule has 0 spiro atoms. The van der Waals surface area contributed by atoms with Crippen LogP contribution in [0.15, 0.2) is 30.3 Å². The minimum absolute atomic E-state index is 0.0594. The Kier molecular flexibility index (Phi) is 12.8. The van der Waals surface area contributed by atoms with E-state index >= 15 is 0 Å². The van der Waals surface area contributed by atoms with Crippen LogP contribution in [0.5, 0.6) is 0 Å². The first-order valence-corrected chi connectivity index (χ1v) is 14.7. The van der Waals surface area contributed by atoms with E-state index < -0.39 is 59.7 Å². The zero-order chi connectivity index (χ0) is 30.9. The molecule has 5 amide bonds. The SMILES string of the molecule is CC(C)C[C@H]1NC(=O)[C@@H](C(C)C)NC(=O)[C@@H](CC(C)C)NC(=O)[C@@H](C(C)C)NC(=O)[C@@H](Cc2ccccc2)NC1=O. The van der Waals surface area contributed by atoms with Gasteiger partial charge < -0.3 is 26.6 Å². The van der Waals surface area contributed by atoms with Gasteiger partial charge in [0.25, 0.3) is 0 Å². The molecule has 0 unspecified atom stereocenters. The van der Waals surface area contributed by atoms with Crippen molar-refractivity contribution >= 4 is 29.5 Å². The molecular formula is C31H49N5O5. The zero-order valence-corrected chi connectivity index (χ0v) is 25.7. The highest BCUT2D eigenvalue weighted by molar-refractivity contribution is 5.98. The standard InChI is InChI=1S/C31H49N5O5/c1-17(2)14-22-27(37)32-24(16-21-12-10-9-11-13-21)29(39)36-26(20(7)8)31(41)34-23(15-18(3)4)28(38)35-25(19(5)6)30(40)33-22/h9-13,17-20,22-26H,14-16H2,1-8H3,(H,32,37)(H,33,40)(H,34,41)(H,35,38)(H,36,39)/t22-,23-,24-,25-,26-/m1/s1. The second-order valence-corrected chi connectivity index (χ2v) is 12.6. The van der Waals surface area contributed by atoms with Gasteiger partial charge in [-0.25, -0.2) is 0 Å². The van der Waals surface area contributed by atoms with Gasteiger partial charge in [0.2, 0.25) is 29.5 Å². The lowest BCUT2D eigenvalue weighted by molar-refractivity contribution is -0.135. The second-order valence-electron chi connectivity index (χ2n) is 12.6. The fourth-order valence-corrected chi connectivity index (χ4v) is 4.84. The number of carbonyl (C=O) groups is 5. The monoisotopic (exact) mass is 571 g/mol. The molecule has 0 aliphatic carbocycles. The number of benzene rings is 1. The Morgan fingerprint density at radius 2 is 0.878 bits per heavy atom. The Labute approximate surface area is 244 Å². The van der Waals surface area contributed by atoms with E-state index in [2.05, 4.69) is 26.6 Å². The van der Waals surface area contributed by atoms with E-state index in [9.17, 15) is 24.0 Å². The van der Waals surface area contributed by atoms with Gasteiger partial charge >= 0.3 is 0 Å². The normalized spacial score (nSPS) is 25.3. The summed E-state index contributed by atoms with van der Waals surface area (Å²) in [6.07, 6.45) is 0.869. The highest BCUT2D eigenvalue weighted by atomic mass is 16.2. The van der Waals surface area contributed by atoms with Gasteiger partial charge in [-0.05, 0) is 42.1 Å². The summed E-state index contributed by atoms with van der Waals surface area (Å²) in [5.74, 6) is -2.98. The van der Waals surface area contributed by atoms with E-state index in [0.717, 1.165) is 5.56 Å². The third-order valence-electron chi connectivity index (χ3n) is 7.09. The van der Waals surface area contributed by atoms with Crippen LogP contribution in [-0.4, -0.2) is 59.7 Å². The van der Waals surface area contributed by atoms with Crippen LogP contribution in [0, 0.1) is 23.7 Å². The Morgan fingerprint density at radius 1 is 0.512 bits per heavy atom. The summed E-state index contributed by atoms with van der Waals surface area (Å²) >= 11 is 0. The Morgan fingerprint density at radius 3 is 1.27 bits per heavy atom. The molecule has 0 aromatic heterocycles. The molecule has 1 heterocycles. The van der Waals surface area contributed by atoms with Gasteiger partial charge in [0.1, 0.15) is 30.2 Å². The molecule has 10 heteroatoms. The van der Waals surface area contributed by atoms with Gasteiger partial charge in [-0.15, -0.1) is 0 Å². The topological polar surface area (TPSA) is 146 Å². The fraction of sp³-hybridized carbons (Fsp3) is 0.645. The molecule has 1 saturated heterocycles. The number of nitrogens with one attached hydrogen (secondary N) is 5. The largest absolute Gasteiger partial charge is 0.343 e. The van der Waals surface area contributed by atoms with Crippen molar-refractivity contribution in [3.63, 3.8) is 0 Å². The van der Waals surface area contributed by atoms with Crippen LogP contribution in [0.4, 0.5) is 0 Å². The summed E-state index contributed by atoms with van der Waals surface area (Å²) in [6.45, 7) is 15.0. The van der Waals surface area contributed by atoms with Crippen molar-refractivity contribution < 1.29 is 24.0 Å². The van der Waals surface area contributed by atoms with Crippen molar-refractivity contribution in [2.45, 2.75) is 105 Å². The minimum Gasteiger partial charge on any atom is -0.343 e. The van der Waals surface area contributed by atoms with Crippen molar-refractivity contribution in [1.29, 1.82) is 0 Å². The molecule has 1 fully saturated rings. The molecule has 228 valence electrons. The molecule has 1 aliphatic heterocycles. The van der Waals surface area contributed by atoms with Crippen LogP contribution in [0.1, 0.15) is 73.8 Å². The lowest BCUT2D eigenvalue weighted by Gasteiger charge is -2.29. The van der Waals surface area contributed by atoms with E-state index in [4.69, 9.17) is 0 Å². The fourth-order valence-electron chi connectivity index (χ4n) is 4.84. The highest BCUT2D eigenvalue weighted by Gasteiger charge is 2.36. The quantitative estimate of drug-likeness (QED) is 0.324. The maximum atomic E-state index is 13.6. The molecule has 0 radical (unpaired) electrons. The molecule has 0 bridgehead atoms. The highest BCUT2D eigenvalue weighted by Crippen LogP contribution is 2.13. The summed E-state index contributed by atoms with van der Waals surface area (Å²) in [6, 6.07) is 4.56. The predicted molar refractivity (Wildman–Crippen MR) is 158 cm³/mol. The summed E-state index contributed by atoms with van der Waals surface area (Å²) in [4.78, 5) is 67.7. The summed E-state index contributed by atoms with van der Waals surface area (Å²) in [5, 5.41) is 14.1. The maximum Gasteiger partial charge on any atom is 0.243 e. The molecule has 1 aromatic rings. The molecular weight excluding hydrogens is 522 g/mol. The molecule has 41 heavy (non-hydrogen) atoms. The van der Waals surface area contributed by atoms with Gasteiger partial charge in [0.15, 0.2) is 0 Å². The van der Waals surface area contributed by atoms with Crippen LogP contribution in [0.2, 0.25) is 0 Å². The molecule has 0 saturated carbocycles. The Hall–Kier alpha value is -3.43. The zero-order valence-electron chi connectivity index (χ0n) is 25.7. The van der Waals surface area contributed by atoms with Crippen LogP contribution >= 0.6 is 0 Å². The van der Waals surface area contributed by atoms with Crippen molar-refractivity contribution in [3.8, 4) is 0 Å². The molecule has 5 N–H and O–H groups in total. The molecule has 1 aliphatic rings. The molecule has 1 aromatic carbocycles. The predicted octanol–water partition coefficient (Wildman–Crippen LogP) is 2.07. The first-order chi connectivity index (χ1) is 19.2. The minimum atomic E-state index is -0.997. The maximum absolute atomic E-state index is 13.6. The smallest absolute Gasteiger partial charge is 0.243 e. The molecule has 10 nitrogen and oxygen atoms in total. The van der Waals surface area contributed by atoms with Crippen LogP contribution in [0.3, 0.4) is 0 Å². The first-order valence-electron chi connectivity index (χ1n) is 14.7. The van der Waals surface area contributed by atoms with E-state index in [1.54, 1.807) is 27.7 Å². The van der Waals surface area contributed by atoms with Crippen molar-refractivity contribution in [3.05, 3.63) is 35.9 Å². The van der Waals surface area contributed by atoms with Gasteiger partial charge in [-0.1, -0.05) is 85.7 Å². The van der Waals surface area contributed by atoms with Crippen LogP contribution < -0.4 is 26.6 Å². The molecule has 2 rings (SSSR count). The number of amides is 5. The first kappa shape index (κ1) is 33.8. The number of hydrogen-bond acceptors (Lipinski definition) is 5. The average Bonchev–Trinajstić information content (AvgIpc) is 2.87. The van der Waals surface area contributed by atoms with Gasteiger partial charge in [-0.2, -0.15) is 0 Å². The Balaban J connectivity index is 2.58. The van der Waals surface area contributed by atoms with Crippen molar-refractivity contribution in [1.82, 2.24) is 26.6 Å². The average molecular weight is 572 g/mol. The summed E-state index contributed by atoms with van der Waals surface area (Å²) in [5.41, 5.74) is 0.826. The van der Waals surface area contributed by atoms with Gasteiger partial charge in [0.05, 0.1) is 0 Å². The summed E-state index contributed by atoms with van der Waals surface area (Å²) in [7, 11) is 0. The van der Waals surface area contributed by atoms with E-state index in [1.807, 2.05) is 58.0 Å². The van der Waals surface area contributed by atoms with Crippen LogP contribution in [0.25, 0.3) is 0 Å². The van der Waals surface area contributed by atoms with Crippen molar-refractivity contribution in [2.75, 3.05) is 0 Å². The third kappa shape index (κ3) is 10.5. The van der Waals surface area contributed by atoms with Crippen molar-refractivity contribution in [2.24, 2.45) is 23.7 Å². The Bertz CT molecular complexity index is 1060. The summed E-state index contributed by atoms with van der Waals surface area (Å²) < 4.78 is 0. The van der Waals surface area contributed by atoms with E-state index in [-0.39, 0.29) is 30.1 Å². The second kappa shape index (κ2) is 15.5. The van der Waals surface area contributed by atoms with E-state index in [0.29, 0.717) is 12.8 Å². The van der Waals surface area contributed by atoms with Gasteiger partial charge in [-0.3, -0.25) is 24.0 Å². The van der Waals surface area contributed by atoms with E-state index in [1.165, 1.54) is 0 Å². The third-order valence-corrected chi connectivity index (χ3v) is 7.09. The van der Waals surface area contributed by atoms with Crippen LogP contribution in [-0.2, 0) is 30.4 Å². The lowest BCUT2D eigenvalue weighted by Crippen LogP contribution is -2.59.